The van der Waals surface area contributed by atoms with E-state index in [1.54, 1.807) is 13.0 Å². The van der Waals surface area contributed by atoms with E-state index in [1.165, 1.54) is 6.07 Å². The number of nitriles is 1. The van der Waals surface area contributed by atoms with Gasteiger partial charge in [-0.2, -0.15) is 5.26 Å². The maximum Gasteiger partial charge on any atom is 0.252 e. The van der Waals surface area contributed by atoms with E-state index in [2.05, 4.69) is 10.3 Å². The molecule has 0 aliphatic rings. The zero-order chi connectivity index (χ0) is 10.6. The van der Waals surface area contributed by atoms with Crippen molar-refractivity contribution >= 4 is 17.5 Å². The summed E-state index contributed by atoms with van der Waals surface area (Å²) < 4.78 is 0. The first-order valence-electron chi connectivity index (χ1n) is 3.93. The molecule has 72 valence electrons. The third-order valence-corrected chi connectivity index (χ3v) is 1.71. The van der Waals surface area contributed by atoms with Crippen molar-refractivity contribution in [2.24, 2.45) is 0 Å². The highest BCUT2D eigenvalue weighted by Crippen LogP contribution is 2.09. The van der Waals surface area contributed by atoms with Gasteiger partial charge in [0.1, 0.15) is 11.7 Å². The summed E-state index contributed by atoms with van der Waals surface area (Å²) >= 11 is 5.67. The van der Waals surface area contributed by atoms with Crippen LogP contribution in [0.25, 0.3) is 0 Å². The molecule has 0 bridgehead atoms. The van der Waals surface area contributed by atoms with E-state index in [-0.39, 0.29) is 17.6 Å². The number of pyridine rings is 1. The number of halogens is 1. The molecule has 0 aliphatic heterocycles. The van der Waals surface area contributed by atoms with Gasteiger partial charge in [-0.15, -0.1) is 0 Å². The van der Waals surface area contributed by atoms with Gasteiger partial charge in [0.2, 0.25) is 0 Å². The summed E-state index contributed by atoms with van der Waals surface area (Å²) in [5.41, 5.74) is 1.08. The van der Waals surface area contributed by atoms with E-state index in [9.17, 15) is 4.79 Å². The summed E-state index contributed by atoms with van der Waals surface area (Å²) in [6, 6.07) is 4.89. The summed E-state index contributed by atoms with van der Waals surface area (Å²) in [5, 5.41) is 11.0. The van der Waals surface area contributed by atoms with Crippen molar-refractivity contribution in [2.75, 3.05) is 6.54 Å². The molecule has 0 aliphatic carbocycles. The van der Waals surface area contributed by atoms with E-state index in [0.29, 0.717) is 11.3 Å². The lowest BCUT2D eigenvalue weighted by molar-refractivity contribution is 0.0958. The van der Waals surface area contributed by atoms with Crippen LogP contribution in [0, 0.1) is 18.3 Å². The van der Waals surface area contributed by atoms with Gasteiger partial charge < -0.3 is 5.32 Å². The minimum absolute atomic E-state index is 0.0160. The van der Waals surface area contributed by atoms with Gasteiger partial charge in [0.25, 0.3) is 5.91 Å². The first kappa shape index (κ1) is 10.5. The predicted molar refractivity (Wildman–Crippen MR) is 51.9 cm³/mol. The van der Waals surface area contributed by atoms with Gasteiger partial charge >= 0.3 is 0 Å². The molecule has 0 saturated heterocycles. The molecule has 1 amide bonds. The summed E-state index contributed by atoms with van der Waals surface area (Å²) in [6.45, 7) is 1.73. The van der Waals surface area contributed by atoms with Gasteiger partial charge in [-0.25, -0.2) is 4.98 Å². The fraction of sp³-hybridized carbons (Fsp3) is 0.222. The Balaban J connectivity index is 2.85. The number of rotatable bonds is 2. The molecule has 0 saturated carbocycles. The Morgan fingerprint density at radius 3 is 3.00 bits per heavy atom. The second kappa shape index (κ2) is 4.58. The number of aromatic nitrogens is 1. The van der Waals surface area contributed by atoms with Gasteiger partial charge in [-0.3, -0.25) is 4.79 Å². The van der Waals surface area contributed by atoms with Crippen LogP contribution in [0.3, 0.4) is 0 Å². The molecule has 0 aromatic carbocycles. The molecular formula is C9H8ClN3O. The largest absolute Gasteiger partial charge is 0.339 e. The second-order valence-electron chi connectivity index (χ2n) is 2.66. The highest BCUT2D eigenvalue weighted by molar-refractivity contribution is 6.29. The average molecular weight is 210 g/mol. The number of carbonyl (C=O) groups is 1. The third kappa shape index (κ3) is 2.71. The van der Waals surface area contributed by atoms with Crippen LogP contribution >= 0.6 is 11.6 Å². The van der Waals surface area contributed by atoms with E-state index in [4.69, 9.17) is 16.9 Å². The molecule has 1 aromatic heterocycles. The van der Waals surface area contributed by atoms with Crippen LogP contribution in [0.5, 0.6) is 0 Å². The molecule has 1 N–H and O–H groups in total. The number of amides is 1. The van der Waals surface area contributed by atoms with Gasteiger partial charge in [-0.05, 0) is 19.1 Å². The SMILES string of the molecule is Cc1cc(C(=O)NCC#N)cc(Cl)n1. The van der Waals surface area contributed by atoms with Gasteiger partial charge in [-0.1, -0.05) is 11.6 Å². The Labute approximate surface area is 86.5 Å². The fourth-order valence-electron chi connectivity index (χ4n) is 0.981. The number of nitrogens with one attached hydrogen (secondary N) is 1. The average Bonchev–Trinajstić information content (AvgIpc) is 2.12. The summed E-state index contributed by atoms with van der Waals surface area (Å²) in [5.74, 6) is -0.320. The molecule has 5 heteroatoms. The van der Waals surface area contributed by atoms with Crippen molar-refractivity contribution in [1.82, 2.24) is 10.3 Å². The molecular weight excluding hydrogens is 202 g/mol. The summed E-state index contributed by atoms with van der Waals surface area (Å²) in [6.07, 6.45) is 0. The van der Waals surface area contributed by atoms with Crippen molar-refractivity contribution in [3.63, 3.8) is 0 Å². The number of hydrogen-bond donors (Lipinski definition) is 1. The maximum absolute atomic E-state index is 11.4. The lowest BCUT2D eigenvalue weighted by atomic mass is 10.2. The number of aryl methyl sites for hydroxylation is 1. The van der Waals surface area contributed by atoms with Gasteiger partial charge in [0.05, 0.1) is 6.07 Å². The molecule has 14 heavy (non-hydrogen) atoms. The molecule has 0 radical (unpaired) electrons. The molecule has 1 aromatic rings. The predicted octanol–water partition coefficient (Wildman–Crippen LogP) is 1.30. The normalized spacial score (nSPS) is 9.21. The molecule has 0 atom stereocenters. The highest BCUT2D eigenvalue weighted by Gasteiger charge is 2.06. The van der Waals surface area contributed by atoms with Crippen LogP contribution in [-0.2, 0) is 0 Å². The number of nitrogens with zero attached hydrogens (tertiary/aromatic N) is 2. The lowest BCUT2D eigenvalue weighted by Crippen LogP contribution is -2.23. The molecule has 1 heterocycles. The topological polar surface area (TPSA) is 65.8 Å². The Bertz CT molecular complexity index is 377. The van der Waals surface area contributed by atoms with Crippen LogP contribution in [0.4, 0.5) is 0 Å². The lowest BCUT2D eigenvalue weighted by Gasteiger charge is -2.02. The summed E-state index contributed by atoms with van der Waals surface area (Å²) in [4.78, 5) is 15.3. The smallest absolute Gasteiger partial charge is 0.252 e. The monoisotopic (exact) mass is 209 g/mol. The fourth-order valence-corrected chi connectivity index (χ4v) is 1.23. The van der Waals surface area contributed by atoms with Crippen LogP contribution in [0.1, 0.15) is 16.1 Å². The molecule has 1 rings (SSSR count). The first-order valence-corrected chi connectivity index (χ1v) is 4.30. The highest BCUT2D eigenvalue weighted by atomic mass is 35.5. The molecule has 0 spiro atoms. The third-order valence-electron chi connectivity index (χ3n) is 1.51. The Hall–Kier alpha value is -1.60. The van der Waals surface area contributed by atoms with Gasteiger partial charge in [0.15, 0.2) is 0 Å². The Morgan fingerprint density at radius 2 is 2.43 bits per heavy atom. The van der Waals surface area contributed by atoms with E-state index < -0.39 is 0 Å². The molecule has 0 unspecified atom stereocenters. The molecule has 4 nitrogen and oxygen atoms in total. The zero-order valence-electron chi connectivity index (χ0n) is 7.54. The Morgan fingerprint density at radius 1 is 1.71 bits per heavy atom. The first-order chi connectivity index (χ1) is 6.63. The van der Waals surface area contributed by atoms with E-state index in [1.807, 2.05) is 6.07 Å². The van der Waals surface area contributed by atoms with Crippen molar-refractivity contribution in [3.8, 4) is 6.07 Å². The number of hydrogen-bond acceptors (Lipinski definition) is 3. The van der Waals surface area contributed by atoms with E-state index in [0.717, 1.165) is 0 Å². The van der Waals surface area contributed by atoms with Crippen molar-refractivity contribution in [3.05, 3.63) is 28.5 Å². The maximum atomic E-state index is 11.4. The standard InChI is InChI=1S/C9H8ClN3O/c1-6-4-7(5-8(10)13-6)9(14)12-3-2-11/h4-5H,3H2,1H3,(H,12,14). The van der Waals surface area contributed by atoms with Crippen LogP contribution in [0.15, 0.2) is 12.1 Å². The summed E-state index contributed by atoms with van der Waals surface area (Å²) in [7, 11) is 0. The number of carbonyl (C=O) groups excluding carboxylic acids is 1. The van der Waals surface area contributed by atoms with Crippen molar-refractivity contribution < 1.29 is 4.79 Å². The van der Waals surface area contributed by atoms with E-state index >= 15 is 0 Å². The zero-order valence-corrected chi connectivity index (χ0v) is 8.30. The van der Waals surface area contributed by atoms with Crippen molar-refractivity contribution in [1.29, 1.82) is 5.26 Å². The second-order valence-corrected chi connectivity index (χ2v) is 3.05. The Kier molecular flexibility index (Phi) is 3.43. The van der Waals surface area contributed by atoms with Gasteiger partial charge in [0, 0.05) is 11.3 Å². The minimum Gasteiger partial charge on any atom is -0.339 e. The van der Waals surface area contributed by atoms with Crippen LogP contribution < -0.4 is 5.32 Å². The van der Waals surface area contributed by atoms with Crippen LogP contribution in [0.2, 0.25) is 5.15 Å². The molecule has 0 fully saturated rings. The van der Waals surface area contributed by atoms with Crippen molar-refractivity contribution in [2.45, 2.75) is 6.92 Å². The quantitative estimate of drug-likeness (QED) is 0.590. The van der Waals surface area contributed by atoms with Crippen LogP contribution in [-0.4, -0.2) is 17.4 Å². The minimum atomic E-state index is -0.320.